The smallest absolute Gasteiger partial charge is 0.307 e. The highest BCUT2D eigenvalue weighted by Gasteiger charge is 2.02. The van der Waals surface area contributed by atoms with Crippen LogP contribution in [-0.4, -0.2) is 11.1 Å². The molecule has 0 spiro atoms. The Morgan fingerprint density at radius 2 is 1.48 bits per heavy atom. The van der Waals surface area contributed by atoms with E-state index in [0.717, 1.165) is 34.4 Å². The second-order valence-corrected chi connectivity index (χ2v) is 6.31. The molecule has 0 bridgehead atoms. The first-order chi connectivity index (χ1) is 13.2. The molecule has 3 aromatic rings. The first-order valence-corrected chi connectivity index (χ1v) is 8.92. The van der Waals surface area contributed by atoms with Gasteiger partial charge in [0.2, 0.25) is 0 Å². The molecule has 0 amide bonds. The zero-order valence-corrected chi connectivity index (χ0v) is 15.0. The minimum absolute atomic E-state index is 0.0578. The van der Waals surface area contributed by atoms with Crippen molar-refractivity contribution in [1.29, 1.82) is 0 Å². The molecule has 0 aliphatic carbocycles. The standard InChI is InChI=1S/C24H22O3/c25-24(26)17-20-15-13-19(14-16-20)9-6-11-22-10-4-5-12-23(22)27-18-21-7-2-1-3-8-21/h1-8,10-16H,9,17-18H2,(H,25,26)/b11-6+. The molecule has 0 atom stereocenters. The lowest BCUT2D eigenvalue weighted by atomic mass is 10.1. The molecule has 0 heterocycles. The van der Waals surface area contributed by atoms with E-state index in [2.05, 4.69) is 12.2 Å². The van der Waals surface area contributed by atoms with Gasteiger partial charge >= 0.3 is 5.97 Å². The van der Waals surface area contributed by atoms with E-state index < -0.39 is 5.97 Å². The van der Waals surface area contributed by atoms with E-state index in [0.29, 0.717) is 6.61 Å². The van der Waals surface area contributed by atoms with Gasteiger partial charge in [-0.1, -0.05) is 84.9 Å². The molecule has 0 saturated carbocycles. The van der Waals surface area contributed by atoms with Crippen LogP contribution in [-0.2, 0) is 24.2 Å². The van der Waals surface area contributed by atoms with E-state index in [1.807, 2.05) is 78.9 Å². The minimum atomic E-state index is -0.810. The number of carbonyl (C=O) groups is 1. The fourth-order valence-corrected chi connectivity index (χ4v) is 2.77. The van der Waals surface area contributed by atoms with Crippen LogP contribution < -0.4 is 4.74 Å². The molecule has 3 rings (SSSR count). The summed E-state index contributed by atoms with van der Waals surface area (Å²) in [4.78, 5) is 10.7. The van der Waals surface area contributed by atoms with Crippen molar-refractivity contribution in [3.05, 3.63) is 107 Å². The molecule has 27 heavy (non-hydrogen) atoms. The molecule has 0 fully saturated rings. The van der Waals surface area contributed by atoms with Crippen LogP contribution in [0.25, 0.3) is 6.08 Å². The van der Waals surface area contributed by atoms with Crippen LogP contribution in [0.15, 0.2) is 84.9 Å². The van der Waals surface area contributed by atoms with Crippen molar-refractivity contribution in [2.75, 3.05) is 0 Å². The van der Waals surface area contributed by atoms with Crippen LogP contribution >= 0.6 is 0 Å². The zero-order valence-electron chi connectivity index (χ0n) is 15.0. The van der Waals surface area contributed by atoms with Gasteiger partial charge < -0.3 is 9.84 Å². The second kappa shape index (κ2) is 9.39. The van der Waals surface area contributed by atoms with Gasteiger partial charge in [0.1, 0.15) is 12.4 Å². The van der Waals surface area contributed by atoms with Gasteiger partial charge in [-0.3, -0.25) is 4.79 Å². The maximum atomic E-state index is 10.7. The van der Waals surface area contributed by atoms with Crippen molar-refractivity contribution in [3.8, 4) is 5.75 Å². The normalized spacial score (nSPS) is 10.8. The van der Waals surface area contributed by atoms with Crippen LogP contribution in [0, 0.1) is 0 Å². The molecular formula is C24H22O3. The van der Waals surface area contributed by atoms with Crippen molar-refractivity contribution in [2.45, 2.75) is 19.4 Å². The molecule has 0 radical (unpaired) electrons. The van der Waals surface area contributed by atoms with Crippen LogP contribution in [0.3, 0.4) is 0 Å². The predicted octanol–water partition coefficient (Wildman–Crippen LogP) is 5.15. The van der Waals surface area contributed by atoms with Gasteiger partial charge in [-0.2, -0.15) is 0 Å². The fraction of sp³-hybridized carbons (Fsp3) is 0.125. The van der Waals surface area contributed by atoms with E-state index >= 15 is 0 Å². The Hall–Kier alpha value is -3.33. The highest BCUT2D eigenvalue weighted by molar-refractivity contribution is 5.70. The number of carboxylic acid groups (broad SMARTS) is 1. The van der Waals surface area contributed by atoms with E-state index in [4.69, 9.17) is 9.84 Å². The number of carboxylic acids is 1. The summed E-state index contributed by atoms with van der Waals surface area (Å²) in [6.45, 7) is 0.538. The molecule has 0 saturated heterocycles. The van der Waals surface area contributed by atoms with Gasteiger partial charge in [-0.05, 0) is 29.2 Å². The third-order valence-electron chi connectivity index (χ3n) is 4.19. The number of aliphatic carboxylic acids is 1. The average molecular weight is 358 g/mol. The topological polar surface area (TPSA) is 46.5 Å². The number of benzene rings is 3. The van der Waals surface area contributed by atoms with Crippen molar-refractivity contribution < 1.29 is 14.6 Å². The summed E-state index contributed by atoms with van der Waals surface area (Å²) in [5.41, 5.74) is 4.13. The monoisotopic (exact) mass is 358 g/mol. The first-order valence-electron chi connectivity index (χ1n) is 8.92. The molecule has 3 aromatic carbocycles. The molecule has 0 aliphatic heterocycles. The number of hydrogen-bond acceptors (Lipinski definition) is 2. The van der Waals surface area contributed by atoms with E-state index in [1.54, 1.807) is 0 Å². The highest BCUT2D eigenvalue weighted by atomic mass is 16.5. The van der Waals surface area contributed by atoms with Crippen LogP contribution in [0.4, 0.5) is 0 Å². The lowest BCUT2D eigenvalue weighted by molar-refractivity contribution is -0.136. The number of rotatable bonds is 8. The molecule has 3 nitrogen and oxygen atoms in total. The molecule has 3 heteroatoms. The zero-order chi connectivity index (χ0) is 18.9. The SMILES string of the molecule is O=C(O)Cc1ccc(C/C=C/c2ccccc2OCc2ccccc2)cc1. The van der Waals surface area contributed by atoms with E-state index in [-0.39, 0.29) is 6.42 Å². The molecule has 136 valence electrons. The maximum absolute atomic E-state index is 10.7. The van der Waals surface area contributed by atoms with Crippen LogP contribution in [0.2, 0.25) is 0 Å². The first kappa shape index (κ1) is 18.5. The van der Waals surface area contributed by atoms with Gasteiger partial charge in [-0.15, -0.1) is 0 Å². The summed E-state index contributed by atoms with van der Waals surface area (Å²) in [6, 6.07) is 25.8. The molecular weight excluding hydrogens is 336 g/mol. The quantitative estimate of drug-likeness (QED) is 0.606. The average Bonchev–Trinajstić information content (AvgIpc) is 2.69. The third kappa shape index (κ3) is 5.86. The van der Waals surface area contributed by atoms with Gasteiger partial charge in [0.15, 0.2) is 0 Å². The van der Waals surface area contributed by atoms with Crippen LogP contribution in [0.1, 0.15) is 22.3 Å². The van der Waals surface area contributed by atoms with Crippen molar-refractivity contribution in [1.82, 2.24) is 0 Å². The second-order valence-electron chi connectivity index (χ2n) is 6.31. The summed E-state index contributed by atoms with van der Waals surface area (Å²) in [6.07, 6.45) is 4.99. The Kier molecular flexibility index (Phi) is 6.42. The fourth-order valence-electron chi connectivity index (χ4n) is 2.77. The summed E-state index contributed by atoms with van der Waals surface area (Å²) < 4.78 is 5.97. The van der Waals surface area contributed by atoms with Crippen LogP contribution in [0.5, 0.6) is 5.75 Å². The Balaban J connectivity index is 1.61. The lowest BCUT2D eigenvalue weighted by Gasteiger charge is -2.09. The summed E-state index contributed by atoms with van der Waals surface area (Å²) in [5, 5.41) is 8.82. The summed E-state index contributed by atoms with van der Waals surface area (Å²) in [7, 11) is 0. The van der Waals surface area contributed by atoms with E-state index in [1.165, 1.54) is 0 Å². The number of hydrogen-bond donors (Lipinski definition) is 1. The van der Waals surface area contributed by atoms with Crippen molar-refractivity contribution in [2.24, 2.45) is 0 Å². The molecule has 0 aliphatic rings. The van der Waals surface area contributed by atoms with Gasteiger partial charge in [0.25, 0.3) is 0 Å². The highest BCUT2D eigenvalue weighted by Crippen LogP contribution is 2.21. The Morgan fingerprint density at radius 1 is 0.815 bits per heavy atom. The minimum Gasteiger partial charge on any atom is -0.488 e. The maximum Gasteiger partial charge on any atom is 0.307 e. The predicted molar refractivity (Wildman–Crippen MR) is 108 cm³/mol. The Morgan fingerprint density at radius 3 is 2.22 bits per heavy atom. The van der Waals surface area contributed by atoms with Gasteiger partial charge in [-0.25, -0.2) is 0 Å². The van der Waals surface area contributed by atoms with Crippen molar-refractivity contribution in [3.63, 3.8) is 0 Å². The van der Waals surface area contributed by atoms with Gasteiger partial charge in [0, 0.05) is 5.56 Å². The number of allylic oxidation sites excluding steroid dienone is 1. The number of ether oxygens (including phenoxy) is 1. The summed E-state index contributed by atoms with van der Waals surface area (Å²) in [5.74, 6) is 0.0455. The Bertz CT molecular complexity index is 896. The Labute approximate surface area is 159 Å². The van der Waals surface area contributed by atoms with Crippen molar-refractivity contribution >= 4 is 12.0 Å². The van der Waals surface area contributed by atoms with Gasteiger partial charge in [0.05, 0.1) is 6.42 Å². The molecule has 0 aromatic heterocycles. The lowest BCUT2D eigenvalue weighted by Crippen LogP contribution is -1.99. The van der Waals surface area contributed by atoms with E-state index in [9.17, 15) is 4.79 Å². The largest absolute Gasteiger partial charge is 0.488 e. The summed E-state index contributed by atoms with van der Waals surface area (Å²) >= 11 is 0. The number of para-hydroxylation sites is 1. The third-order valence-corrected chi connectivity index (χ3v) is 4.19. The molecule has 0 unspecified atom stereocenters. The molecule has 1 N–H and O–H groups in total.